The molecule has 11 atom stereocenters. The summed E-state index contributed by atoms with van der Waals surface area (Å²) in [5.41, 5.74) is -5.82. The maximum Gasteiger partial charge on any atom is 0.338 e. The Labute approximate surface area is 297 Å². The van der Waals surface area contributed by atoms with Crippen molar-refractivity contribution >= 4 is 23.7 Å². The lowest BCUT2D eigenvalue weighted by Crippen LogP contribution is -2.78. The molecular formula is C40H48O11. The van der Waals surface area contributed by atoms with Gasteiger partial charge in [0.15, 0.2) is 11.9 Å². The van der Waals surface area contributed by atoms with Gasteiger partial charge in [0.1, 0.15) is 29.5 Å². The third kappa shape index (κ3) is 5.55. The Morgan fingerprint density at radius 3 is 2.12 bits per heavy atom. The molecule has 3 saturated carbocycles. The van der Waals surface area contributed by atoms with Crippen molar-refractivity contribution in [1.29, 1.82) is 0 Å². The fourth-order valence-corrected chi connectivity index (χ4v) is 9.67. The molecule has 0 heterocycles. The van der Waals surface area contributed by atoms with Gasteiger partial charge in [-0.15, -0.1) is 0 Å². The van der Waals surface area contributed by atoms with Crippen molar-refractivity contribution in [1.82, 2.24) is 0 Å². The minimum Gasteiger partial charge on any atom is -0.458 e. The quantitative estimate of drug-likeness (QED) is 0.187. The van der Waals surface area contributed by atoms with Crippen molar-refractivity contribution in [3.05, 3.63) is 82.9 Å². The third-order valence-corrected chi connectivity index (χ3v) is 12.8. The molecule has 6 rings (SSSR count). The van der Waals surface area contributed by atoms with Gasteiger partial charge in [-0.25, -0.2) is 9.59 Å². The Morgan fingerprint density at radius 2 is 1.55 bits per heavy atom. The molecule has 11 heteroatoms. The third-order valence-electron chi connectivity index (χ3n) is 12.8. The molecule has 4 aliphatic carbocycles. The zero-order valence-corrected chi connectivity index (χ0v) is 29.9. The van der Waals surface area contributed by atoms with Crippen molar-refractivity contribution < 1.29 is 53.8 Å². The van der Waals surface area contributed by atoms with E-state index in [1.54, 1.807) is 70.2 Å². The summed E-state index contributed by atoms with van der Waals surface area (Å²) in [7, 11) is 0. The SMILES string of the molecule is CC(=O)O[C@@]12CC[C@@H]1C[C@H](O)[C@@]1(C)C(=O)[C@H](O)C3=C(C)[C@@H](OC(=O)[C@H](O)[C@@H](C)c4ccccc4)C[C@@](O)([C@@H](OC(=O)c4ccccc4)C12)C3(C)C. The second kappa shape index (κ2) is 12.9. The van der Waals surface area contributed by atoms with E-state index in [-0.39, 0.29) is 36.0 Å². The number of aliphatic hydroxyl groups excluding tert-OH is 3. The highest BCUT2D eigenvalue weighted by Gasteiger charge is 2.77. The molecule has 0 aliphatic heterocycles. The molecule has 4 N–H and O–H groups in total. The van der Waals surface area contributed by atoms with Crippen LogP contribution in [-0.4, -0.2) is 85.8 Å². The molecule has 3 fully saturated rings. The van der Waals surface area contributed by atoms with E-state index in [1.165, 1.54) is 26.0 Å². The Balaban J connectivity index is 1.53. The summed E-state index contributed by atoms with van der Waals surface area (Å²) < 4.78 is 18.4. The second-order valence-electron chi connectivity index (χ2n) is 15.7. The minimum atomic E-state index is -2.19. The Hall–Kier alpha value is -3.90. The molecule has 2 aromatic carbocycles. The van der Waals surface area contributed by atoms with Crippen LogP contribution in [0.2, 0.25) is 0 Å². The number of rotatable bonds is 7. The molecular weight excluding hydrogens is 656 g/mol. The number of hydrogen-bond donors (Lipinski definition) is 4. The molecule has 0 amide bonds. The lowest BCUT2D eigenvalue weighted by atomic mass is 9.41. The van der Waals surface area contributed by atoms with Crippen LogP contribution in [0.1, 0.15) is 89.1 Å². The van der Waals surface area contributed by atoms with Gasteiger partial charge < -0.3 is 34.6 Å². The van der Waals surface area contributed by atoms with Gasteiger partial charge in [-0.3, -0.25) is 9.59 Å². The molecule has 2 aromatic rings. The second-order valence-corrected chi connectivity index (χ2v) is 15.7. The zero-order chi connectivity index (χ0) is 37.3. The molecule has 11 nitrogen and oxygen atoms in total. The van der Waals surface area contributed by atoms with E-state index < -0.39 is 94.0 Å². The van der Waals surface area contributed by atoms with Crippen molar-refractivity contribution in [2.45, 2.75) is 115 Å². The predicted molar refractivity (Wildman–Crippen MR) is 183 cm³/mol. The number of carbonyl (C=O) groups excluding carboxylic acids is 4. The van der Waals surface area contributed by atoms with E-state index >= 15 is 0 Å². The van der Waals surface area contributed by atoms with Gasteiger partial charge in [0.05, 0.1) is 23.0 Å². The largest absolute Gasteiger partial charge is 0.458 e. The number of fused-ring (bicyclic) bond motifs is 5. The molecule has 0 aromatic heterocycles. The van der Waals surface area contributed by atoms with Crippen LogP contribution >= 0.6 is 0 Å². The molecule has 51 heavy (non-hydrogen) atoms. The van der Waals surface area contributed by atoms with Crippen LogP contribution in [0.5, 0.6) is 0 Å². The van der Waals surface area contributed by atoms with E-state index in [2.05, 4.69) is 0 Å². The standard InChI is InChI=1S/C40H48O11/c1-21(24-13-9-7-10-14-24)30(43)36(47)49-27-20-40(48)34(50-35(46)25-15-11-8-12-16-25)32-38(6,33(45)31(44)29(22(27)2)37(40,4)5)28(42)19-26-17-18-39(26,32)51-23(3)41/h7-16,21,26-28,30-32,34,42-44,48H,17-20H2,1-6H3/t21-,26+,27-,28-,30+,31+,32?,34-,38+,39-,40+/m0/s1. The van der Waals surface area contributed by atoms with Crippen LogP contribution in [0.15, 0.2) is 71.8 Å². The van der Waals surface area contributed by atoms with Gasteiger partial charge in [-0.2, -0.15) is 0 Å². The van der Waals surface area contributed by atoms with E-state index in [4.69, 9.17) is 14.2 Å². The number of hydrogen-bond acceptors (Lipinski definition) is 11. The number of Topliss-reactive ketones (excluding diaryl/α,β-unsaturated/α-hetero) is 1. The van der Waals surface area contributed by atoms with E-state index in [0.717, 1.165) is 0 Å². The number of carbonyl (C=O) groups is 4. The molecule has 1 unspecified atom stereocenters. The molecule has 2 bridgehead atoms. The predicted octanol–water partition coefficient (Wildman–Crippen LogP) is 3.81. The van der Waals surface area contributed by atoms with Crippen LogP contribution in [0, 0.1) is 22.7 Å². The van der Waals surface area contributed by atoms with Gasteiger partial charge in [-0.05, 0) is 62.0 Å². The van der Waals surface area contributed by atoms with Gasteiger partial charge in [0.25, 0.3) is 0 Å². The average Bonchev–Trinajstić information content (AvgIpc) is 3.09. The molecule has 0 saturated heterocycles. The number of aliphatic hydroxyl groups is 4. The summed E-state index contributed by atoms with van der Waals surface area (Å²) in [4.78, 5) is 55.3. The number of ketones is 1. The molecule has 0 radical (unpaired) electrons. The first-order valence-corrected chi connectivity index (χ1v) is 17.6. The topological polar surface area (TPSA) is 177 Å². The van der Waals surface area contributed by atoms with E-state index in [1.807, 2.05) is 6.07 Å². The number of benzene rings is 2. The first kappa shape index (κ1) is 36.9. The minimum absolute atomic E-state index is 0.0505. The Kier molecular flexibility index (Phi) is 9.36. The first-order chi connectivity index (χ1) is 23.9. The fraction of sp³-hybridized carbons (Fsp3) is 0.550. The van der Waals surface area contributed by atoms with Crippen LogP contribution in [-0.2, 0) is 28.6 Å². The summed E-state index contributed by atoms with van der Waals surface area (Å²) in [6.07, 6.45) is -7.24. The fourth-order valence-electron chi connectivity index (χ4n) is 9.67. The zero-order valence-electron chi connectivity index (χ0n) is 29.9. The number of ether oxygens (including phenoxy) is 3. The van der Waals surface area contributed by atoms with Crippen molar-refractivity contribution in [3.8, 4) is 0 Å². The van der Waals surface area contributed by atoms with Crippen LogP contribution in [0.3, 0.4) is 0 Å². The van der Waals surface area contributed by atoms with Crippen LogP contribution in [0.25, 0.3) is 0 Å². The van der Waals surface area contributed by atoms with Gasteiger partial charge in [0, 0.05) is 30.6 Å². The van der Waals surface area contributed by atoms with Crippen molar-refractivity contribution in [2.75, 3.05) is 0 Å². The molecule has 4 aliphatic rings. The summed E-state index contributed by atoms with van der Waals surface area (Å²) >= 11 is 0. The summed E-state index contributed by atoms with van der Waals surface area (Å²) in [6, 6.07) is 17.0. The van der Waals surface area contributed by atoms with E-state index in [0.29, 0.717) is 12.0 Å². The number of esters is 3. The normalized spacial score (nSPS) is 36.5. The van der Waals surface area contributed by atoms with Gasteiger partial charge in [0.2, 0.25) is 0 Å². The van der Waals surface area contributed by atoms with Crippen LogP contribution < -0.4 is 0 Å². The average molecular weight is 705 g/mol. The monoisotopic (exact) mass is 704 g/mol. The first-order valence-electron chi connectivity index (χ1n) is 17.6. The van der Waals surface area contributed by atoms with E-state index in [9.17, 15) is 39.6 Å². The highest BCUT2D eigenvalue weighted by Crippen LogP contribution is 2.67. The summed E-state index contributed by atoms with van der Waals surface area (Å²) in [6.45, 7) is 9.21. The van der Waals surface area contributed by atoms with Crippen molar-refractivity contribution in [2.24, 2.45) is 22.7 Å². The highest BCUT2D eigenvalue weighted by atomic mass is 16.6. The maximum atomic E-state index is 14.8. The summed E-state index contributed by atoms with van der Waals surface area (Å²) in [5, 5.41) is 48.4. The Morgan fingerprint density at radius 1 is 0.941 bits per heavy atom. The van der Waals surface area contributed by atoms with Crippen LogP contribution in [0.4, 0.5) is 0 Å². The van der Waals surface area contributed by atoms with Gasteiger partial charge in [-0.1, -0.05) is 69.3 Å². The van der Waals surface area contributed by atoms with Gasteiger partial charge >= 0.3 is 17.9 Å². The highest BCUT2D eigenvalue weighted by molar-refractivity contribution is 5.94. The van der Waals surface area contributed by atoms with Crippen molar-refractivity contribution in [3.63, 3.8) is 0 Å². The molecule has 0 spiro atoms. The smallest absolute Gasteiger partial charge is 0.338 e. The maximum absolute atomic E-state index is 14.8. The lowest BCUT2D eigenvalue weighted by Gasteiger charge is -2.68. The lowest BCUT2D eigenvalue weighted by molar-refractivity contribution is -0.296. The molecule has 274 valence electrons. The Bertz CT molecular complexity index is 1740. The summed E-state index contributed by atoms with van der Waals surface area (Å²) in [5.74, 6) is -5.68.